The van der Waals surface area contributed by atoms with E-state index in [1.165, 1.54) is 0 Å². The van der Waals surface area contributed by atoms with Gasteiger partial charge in [0.25, 0.3) is 11.2 Å². The van der Waals surface area contributed by atoms with E-state index in [4.69, 9.17) is 0 Å². The lowest BCUT2D eigenvalue weighted by Crippen LogP contribution is -2.71. The van der Waals surface area contributed by atoms with Crippen molar-refractivity contribution in [3.8, 4) is 0 Å². The second-order valence-electron chi connectivity index (χ2n) is 7.99. The van der Waals surface area contributed by atoms with Crippen molar-refractivity contribution in [3.63, 3.8) is 0 Å². The Morgan fingerprint density at radius 2 is 0.730 bits per heavy atom. The van der Waals surface area contributed by atoms with Crippen molar-refractivity contribution in [2.45, 2.75) is 48.7 Å². The van der Waals surface area contributed by atoms with Crippen LogP contribution in [0.15, 0.2) is 61.7 Å². The van der Waals surface area contributed by atoms with Crippen molar-refractivity contribution in [1.29, 1.82) is 0 Å². The molecule has 204 valence electrons. The summed E-state index contributed by atoms with van der Waals surface area (Å²) in [6.45, 7) is 6.65. The van der Waals surface area contributed by atoms with E-state index in [0.29, 0.717) is 24.3 Å². The Morgan fingerprint density at radius 1 is 0.486 bits per heavy atom. The van der Waals surface area contributed by atoms with Gasteiger partial charge in [-0.25, -0.2) is 0 Å². The predicted molar refractivity (Wildman–Crippen MR) is 111 cm³/mol. The van der Waals surface area contributed by atoms with E-state index >= 15 is 0 Å². The van der Waals surface area contributed by atoms with Crippen LogP contribution < -0.4 is 0 Å². The van der Waals surface area contributed by atoms with Gasteiger partial charge in [0.1, 0.15) is 0 Å². The third kappa shape index (κ3) is 5.97. The molecular weight excluding hydrogens is 532 g/mol. The molecule has 0 aliphatic rings. The van der Waals surface area contributed by atoms with Gasteiger partial charge in [-0.1, -0.05) is 73.8 Å². The maximum absolute atomic E-state index is 14.0. The quantitative estimate of drug-likeness (QED) is 0.300. The smallest absolute Gasteiger partial charge is 0.333 e. The molecule has 0 unspecified atom stereocenters. The van der Waals surface area contributed by atoms with Gasteiger partial charge in [-0.3, -0.25) is 0 Å². The maximum Gasteiger partial charge on any atom is 0.426 e. The standard InChI is InChI=1S/C24H18F12O/c1-3-15-5-9-17(10-6-15)13-19(21(25,26)27,22(28,29)30)37-20(23(31,32)33,24(34,35)36)14-18-11-7-16(4-2)8-12-18/h3-12H,1-2,13-14H2. The lowest BCUT2D eigenvalue weighted by atomic mass is 9.87. The summed E-state index contributed by atoms with van der Waals surface area (Å²) in [6, 6.07) is 6.69. The minimum Gasteiger partial charge on any atom is -0.333 e. The highest BCUT2D eigenvalue weighted by atomic mass is 19.4. The first-order chi connectivity index (χ1) is 16.7. The monoisotopic (exact) mass is 550 g/mol. The fourth-order valence-corrected chi connectivity index (χ4v) is 3.44. The lowest BCUT2D eigenvalue weighted by molar-refractivity contribution is -0.467. The summed E-state index contributed by atoms with van der Waals surface area (Å²) in [5.41, 5.74) is -13.1. The summed E-state index contributed by atoms with van der Waals surface area (Å²) in [5.74, 6) is 0. The van der Waals surface area contributed by atoms with Crippen molar-refractivity contribution >= 4 is 12.2 Å². The van der Waals surface area contributed by atoms with Crippen LogP contribution in [0.5, 0.6) is 0 Å². The maximum atomic E-state index is 14.0. The van der Waals surface area contributed by atoms with Crippen LogP contribution in [-0.4, -0.2) is 35.9 Å². The van der Waals surface area contributed by atoms with Gasteiger partial charge in [0.05, 0.1) is 0 Å². The molecule has 2 aromatic rings. The third-order valence-corrected chi connectivity index (χ3v) is 5.52. The summed E-state index contributed by atoms with van der Waals surface area (Å²) in [6.07, 6.45) is -29.5. The molecule has 1 nitrogen and oxygen atoms in total. The molecule has 0 aliphatic heterocycles. The molecule has 13 heteroatoms. The number of rotatable bonds is 8. The van der Waals surface area contributed by atoms with Crippen LogP contribution in [0.3, 0.4) is 0 Å². The van der Waals surface area contributed by atoms with Crippen molar-refractivity contribution < 1.29 is 57.4 Å². The van der Waals surface area contributed by atoms with Crippen LogP contribution in [0.1, 0.15) is 22.3 Å². The first kappa shape index (κ1) is 30.3. The first-order valence-electron chi connectivity index (χ1n) is 10.1. The van der Waals surface area contributed by atoms with Crippen molar-refractivity contribution in [3.05, 3.63) is 83.9 Å². The second-order valence-corrected chi connectivity index (χ2v) is 7.99. The molecule has 0 bridgehead atoms. The Hall–Kier alpha value is -2.96. The molecule has 0 radical (unpaired) electrons. The van der Waals surface area contributed by atoms with Gasteiger partial charge >= 0.3 is 24.7 Å². The Labute approximate surface area is 203 Å². The van der Waals surface area contributed by atoms with Crippen molar-refractivity contribution in [2.75, 3.05) is 0 Å². The van der Waals surface area contributed by atoms with Gasteiger partial charge in [-0.2, -0.15) is 52.7 Å². The molecular formula is C24H18F12O. The van der Waals surface area contributed by atoms with Crippen molar-refractivity contribution in [1.82, 2.24) is 0 Å². The highest BCUT2D eigenvalue weighted by molar-refractivity contribution is 5.48. The van der Waals surface area contributed by atoms with Crippen LogP contribution in [0.2, 0.25) is 0 Å². The summed E-state index contributed by atoms with van der Waals surface area (Å²) in [4.78, 5) is 0. The number of hydrogen-bond acceptors (Lipinski definition) is 1. The summed E-state index contributed by atoms with van der Waals surface area (Å²) in [7, 11) is 0. The Bertz CT molecular complexity index is 956. The minimum absolute atomic E-state index is 0.220. The predicted octanol–water partition coefficient (Wildman–Crippen LogP) is 8.50. The molecule has 0 spiro atoms. The highest BCUT2D eigenvalue weighted by Gasteiger charge is 2.81. The normalized spacial score (nSPS) is 13.9. The fraction of sp³-hybridized carbons (Fsp3) is 0.333. The molecule has 0 atom stereocenters. The topological polar surface area (TPSA) is 9.23 Å². The average Bonchev–Trinajstić information content (AvgIpc) is 2.75. The Morgan fingerprint density at radius 3 is 0.919 bits per heavy atom. The zero-order chi connectivity index (χ0) is 28.5. The van der Waals surface area contributed by atoms with E-state index in [1.54, 1.807) is 0 Å². The van der Waals surface area contributed by atoms with Gasteiger partial charge < -0.3 is 4.74 Å². The molecule has 0 heterocycles. The molecule has 37 heavy (non-hydrogen) atoms. The van der Waals surface area contributed by atoms with Crippen LogP contribution >= 0.6 is 0 Å². The van der Waals surface area contributed by atoms with E-state index in [-0.39, 0.29) is 11.1 Å². The fourth-order valence-electron chi connectivity index (χ4n) is 3.44. The third-order valence-electron chi connectivity index (χ3n) is 5.52. The van der Waals surface area contributed by atoms with Crippen molar-refractivity contribution in [2.24, 2.45) is 0 Å². The van der Waals surface area contributed by atoms with Gasteiger partial charge in [0, 0.05) is 12.8 Å². The van der Waals surface area contributed by atoms with Gasteiger partial charge in [-0.15, -0.1) is 0 Å². The minimum atomic E-state index is -6.75. The highest BCUT2D eigenvalue weighted by Crippen LogP contribution is 2.56. The zero-order valence-electron chi connectivity index (χ0n) is 18.5. The lowest BCUT2D eigenvalue weighted by Gasteiger charge is -2.46. The molecule has 0 saturated carbocycles. The number of halogens is 12. The van der Waals surface area contributed by atoms with E-state index in [1.807, 2.05) is 0 Å². The number of ether oxygens (including phenoxy) is 1. The van der Waals surface area contributed by atoms with Crippen LogP contribution in [0.4, 0.5) is 52.7 Å². The zero-order valence-corrected chi connectivity index (χ0v) is 18.5. The first-order valence-corrected chi connectivity index (χ1v) is 10.1. The van der Waals surface area contributed by atoms with Gasteiger partial charge in [-0.05, 0) is 22.3 Å². The van der Waals surface area contributed by atoms with E-state index in [2.05, 4.69) is 17.9 Å². The SMILES string of the molecule is C=Cc1ccc(CC(OC(Cc2ccc(C=C)cc2)(C(F)(F)F)C(F)(F)F)(C(F)(F)F)C(F)(F)F)cc1. The summed E-state index contributed by atoms with van der Waals surface area (Å²) < 4.78 is 172. The Kier molecular flexibility index (Phi) is 8.24. The molecule has 0 amide bonds. The number of hydrogen-bond donors (Lipinski definition) is 0. The van der Waals surface area contributed by atoms with E-state index in [9.17, 15) is 52.7 Å². The van der Waals surface area contributed by atoms with Crippen LogP contribution in [0, 0.1) is 0 Å². The molecule has 0 N–H and O–H groups in total. The summed E-state index contributed by atoms with van der Waals surface area (Å²) >= 11 is 0. The molecule has 0 aromatic heterocycles. The largest absolute Gasteiger partial charge is 0.426 e. The molecule has 2 rings (SSSR count). The second kappa shape index (κ2) is 10.1. The van der Waals surface area contributed by atoms with Gasteiger partial charge in [0.2, 0.25) is 0 Å². The molecule has 2 aromatic carbocycles. The van der Waals surface area contributed by atoms with E-state index < -0.39 is 59.9 Å². The van der Waals surface area contributed by atoms with Crippen LogP contribution in [0.25, 0.3) is 12.2 Å². The summed E-state index contributed by atoms with van der Waals surface area (Å²) in [5, 5.41) is 0. The molecule has 0 saturated heterocycles. The molecule has 0 aliphatic carbocycles. The molecule has 0 fully saturated rings. The average molecular weight is 550 g/mol. The van der Waals surface area contributed by atoms with Gasteiger partial charge in [0.15, 0.2) is 0 Å². The number of alkyl halides is 12. The Balaban J connectivity index is 2.83. The number of benzene rings is 2. The van der Waals surface area contributed by atoms with Crippen LogP contribution in [-0.2, 0) is 17.6 Å². The van der Waals surface area contributed by atoms with E-state index in [0.717, 1.165) is 36.4 Å².